The Morgan fingerprint density at radius 1 is 0.460 bits per heavy atom. The Kier molecular flexibility index (Phi) is 6.43. The van der Waals surface area contributed by atoms with Crippen molar-refractivity contribution < 1.29 is 0 Å². The van der Waals surface area contributed by atoms with Crippen molar-refractivity contribution in [3.63, 3.8) is 0 Å². The summed E-state index contributed by atoms with van der Waals surface area (Å²) in [6.45, 7) is 4.69. The fraction of sp³-hybridized carbons (Fsp3) is 0.0638. The van der Waals surface area contributed by atoms with Crippen molar-refractivity contribution in [1.82, 2.24) is 9.97 Å². The molecule has 0 fully saturated rings. The number of thiophene rings is 1. The molecule has 0 N–H and O–H groups in total. The van der Waals surface area contributed by atoms with Crippen molar-refractivity contribution in [3.8, 4) is 56.2 Å². The molecule has 9 aromatic rings. The molecule has 2 nitrogen and oxygen atoms in total. The molecule has 0 saturated carbocycles. The van der Waals surface area contributed by atoms with E-state index in [2.05, 4.69) is 166 Å². The highest BCUT2D eigenvalue weighted by Crippen LogP contribution is 2.53. The zero-order valence-corrected chi connectivity index (χ0v) is 28.6. The van der Waals surface area contributed by atoms with Crippen molar-refractivity contribution in [2.75, 3.05) is 0 Å². The Bertz CT molecular complexity index is 2770. The van der Waals surface area contributed by atoms with Crippen LogP contribution in [-0.2, 0) is 5.41 Å². The number of rotatable bonds is 4. The second kappa shape index (κ2) is 11.1. The van der Waals surface area contributed by atoms with Gasteiger partial charge in [0.2, 0.25) is 0 Å². The fourth-order valence-electron chi connectivity index (χ4n) is 7.93. The fourth-order valence-corrected chi connectivity index (χ4v) is 9.17. The molecule has 0 amide bonds. The molecule has 2 heterocycles. The van der Waals surface area contributed by atoms with Crippen molar-refractivity contribution in [3.05, 3.63) is 169 Å². The lowest BCUT2D eigenvalue weighted by Gasteiger charge is -2.22. The van der Waals surface area contributed by atoms with Gasteiger partial charge in [0.15, 0.2) is 5.82 Å². The van der Waals surface area contributed by atoms with E-state index >= 15 is 0 Å². The molecule has 1 aliphatic rings. The Hall–Kier alpha value is -5.90. The highest BCUT2D eigenvalue weighted by Gasteiger charge is 2.37. The van der Waals surface area contributed by atoms with Crippen LogP contribution in [0.4, 0.5) is 0 Å². The van der Waals surface area contributed by atoms with Crippen LogP contribution in [0, 0.1) is 0 Å². The highest BCUT2D eigenvalue weighted by molar-refractivity contribution is 7.26. The van der Waals surface area contributed by atoms with E-state index in [0.717, 1.165) is 33.9 Å². The number of hydrogen-bond donors (Lipinski definition) is 0. The van der Waals surface area contributed by atoms with Gasteiger partial charge in [0, 0.05) is 42.3 Å². The van der Waals surface area contributed by atoms with Gasteiger partial charge in [-0.25, -0.2) is 9.97 Å². The standard InChI is InChI=1S/C47H32N2S/c1-47(2)39-20-11-19-37(44(39)38-26-32-14-6-7-15-33(32)27-40(38)47)42-28-41(48-46(49-42)31-12-4-3-5-13-31)30-24-22-29(23-25-30)34-17-10-18-36-35-16-8-9-21-43(35)50-45(34)36/h3-28H,1-2H3. The molecule has 0 radical (unpaired) electrons. The summed E-state index contributed by atoms with van der Waals surface area (Å²) in [5, 5.41) is 5.16. The molecule has 7 aromatic carbocycles. The van der Waals surface area contributed by atoms with E-state index in [-0.39, 0.29) is 5.41 Å². The summed E-state index contributed by atoms with van der Waals surface area (Å²) >= 11 is 1.87. The first-order chi connectivity index (χ1) is 24.5. The summed E-state index contributed by atoms with van der Waals surface area (Å²) in [6, 6.07) is 56.9. The van der Waals surface area contributed by atoms with Crippen molar-refractivity contribution in [2.45, 2.75) is 19.3 Å². The minimum absolute atomic E-state index is 0.129. The van der Waals surface area contributed by atoms with Crippen LogP contribution < -0.4 is 0 Å². The number of fused-ring (bicyclic) bond motifs is 7. The van der Waals surface area contributed by atoms with Crippen molar-refractivity contribution in [1.29, 1.82) is 0 Å². The second-order valence-corrected chi connectivity index (χ2v) is 14.8. The van der Waals surface area contributed by atoms with Crippen LogP contribution in [0.15, 0.2) is 158 Å². The molecule has 3 heteroatoms. The topological polar surface area (TPSA) is 25.8 Å². The number of benzene rings is 7. The Morgan fingerprint density at radius 3 is 1.96 bits per heavy atom. The molecule has 0 atom stereocenters. The van der Waals surface area contributed by atoms with Crippen LogP contribution in [-0.4, -0.2) is 9.97 Å². The van der Waals surface area contributed by atoms with E-state index in [9.17, 15) is 0 Å². The molecular formula is C47H32N2S. The van der Waals surface area contributed by atoms with Crippen LogP contribution in [0.5, 0.6) is 0 Å². The van der Waals surface area contributed by atoms with Gasteiger partial charge in [-0.15, -0.1) is 11.3 Å². The normalized spacial score (nSPS) is 13.2. The third-order valence-corrected chi connectivity index (χ3v) is 11.7. The zero-order chi connectivity index (χ0) is 33.4. The SMILES string of the molecule is CC1(C)c2cc3ccccc3cc2-c2c(-c3cc(-c4ccc(-c5cccc6c5sc5ccccc56)cc4)nc(-c4ccccc4)n3)cccc21. The first-order valence-corrected chi connectivity index (χ1v) is 18.0. The molecule has 1 aliphatic carbocycles. The highest BCUT2D eigenvalue weighted by atomic mass is 32.1. The van der Waals surface area contributed by atoms with Crippen LogP contribution in [0.1, 0.15) is 25.0 Å². The zero-order valence-electron chi connectivity index (χ0n) is 27.8. The lowest BCUT2D eigenvalue weighted by atomic mass is 9.81. The average Bonchev–Trinajstić information content (AvgIpc) is 3.66. The lowest BCUT2D eigenvalue weighted by Crippen LogP contribution is -2.14. The number of hydrogen-bond acceptors (Lipinski definition) is 3. The van der Waals surface area contributed by atoms with Crippen molar-refractivity contribution >= 4 is 42.3 Å². The van der Waals surface area contributed by atoms with Crippen LogP contribution in [0.25, 0.3) is 87.1 Å². The van der Waals surface area contributed by atoms with E-state index < -0.39 is 0 Å². The minimum atomic E-state index is -0.129. The summed E-state index contributed by atoms with van der Waals surface area (Å²) in [4.78, 5) is 10.4. The smallest absolute Gasteiger partial charge is 0.160 e. The first-order valence-electron chi connectivity index (χ1n) is 17.2. The van der Waals surface area contributed by atoms with E-state index in [1.165, 1.54) is 64.3 Å². The number of aromatic nitrogens is 2. The molecule has 2 aromatic heterocycles. The van der Waals surface area contributed by atoms with Gasteiger partial charge in [0.1, 0.15) is 0 Å². The largest absolute Gasteiger partial charge is 0.228 e. The molecule has 0 bridgehead atoms. The van der Waals surface area contributed by atoms with Crippen LogP contribution in [0.2, 0.25) is 0 Å². The predicted octanol–water partition coefficient (Wildman–Crippen LogP) is 13.0. The van der Waals surface area contributed by atoms with Gasteiger partial charge in [0.25, 0.3) is 0 Å². The third-order valence-electron chi connectivity index (χ3n) is 10.5. The Morgan fingerprint density at radius 2 is 1.12 bits per heavy atom. The van der Waals surface area contributed by atoms with Gasteiger partial charge in [0.05, 0.1) is 11.4 Å². The molecule has 0 aliphatic heterocycles. The second-order valence-electron chi connectivity index (χ2n) is 13.8. The van der Waals surface area contributed by atoms with Crippen molar-refractivity contribution in [2.24, 2.45) is 0 Å². The maximum absolute atomic E-state index is 5.27. The van der Waals surface area contributed by atoms with Gasteiger partial charge in [-0.1, -0.05) is 147 Å². The molecule has 236 valence electrons. The molecule has 0 spiro atoms. The van der Waals surface area contributed by atoms with Gasteiger partial charge in [-0.05, 0) is 68.4 Å². The number of nitrogens with zero attached hydrogens (tertiary/aromatic N) is 2. The van der Waals surface area contributed by atoms with Gasteiger partial charge < -0.3 is 0 Å². The quantitative estimate of drug-likeness (QED) is 0.188. The summed E-state index contributed by atoms with van der Waals surface area (Å²) in [5.41, 5.74) is 12.6. The maximum Gasteiger partial charge on any atom is 0.160 e. The van der Waals surface area contributed by atoms with E-state index in [4.69, 9.17) is 9.97 Å². The van der Waals surface area contributed by atoms with Crippen LogP contribution in [0.3, 0.4) is 0 Å². The third kappa shape index (κ3) is 4.47. The summed E-state index contributed by atoms with van der Waals surface area (Å²) < 4.78 is 2.64. The molecule has 50 heavy (non-hydrogen) atoms. The summed E-state index contributed by atoms with van der Waals surface area (Å²) in [7, 11) is 0. The molecule has 0 unspecified atom stereocenters. The predicted molar refractivity (Wildman–Crippen MR) is 212 cm³/mol. The maximum atomic E-state index is 5.27. The van der Waals surface area contributed by atoms with Gasteiger partial charge >= 0.3 is 0 Å². The van der Waals surface area contributed by atoms with Gasteiger partial charge in [-0.2, -0.15) is 0 Å². The van der Waals surface area contributed by atoms with Crippen LogP contribution >= 0.6 is 11.3 Å². The Balaban J connectivity index is 1.14. The monoisotopic (exact) mass is 656 g/mol. The van der Waals surface area contributed by atoms with E-state index in [0.29, 0.717) is 0 Å². The lowest BCUT2D eigenvalue weighted by molar-refractivity contribution is 0.661. The summed E-state index contributed by atoms with van der Waals surface area (Å²) in [6.07, 6.45) is 0. The summed E-state index contributed by atoms with van der Waals surface area (Å²) in [5.74, 6) is 0.728. The van der Waals surface area contributed by atoms with E-state index in [1.807, 2.05) is 17.4 Å². The van der Waals surface area contributed by atoms with E-state index in [1.54, 1.807) is 0 Å². The Labute approximate surface area is 295 Å². The molecular weight excluding hydrogens is 625 g/mol. The molecule has 0 saturated heterocycles. The minimum Gasteiger partial charge on any atom is -0.228 e. The molecule has 10 rings (SSSR count). The first kappa shape index (κ1) is 29.1. The average molecular weight is 657 g/mol. The van der Waals surface area contributed by atoms with Gasteiger partial charge in [-0.3, -0.25) is 0 Å².